The van der Waals surface area contributed by atoms with Crippen molar-refractivity contribution in [3.05, 3.63) is 48.8 Å². The zero-order valence-corrected chi connectivity index (χ0v) is 10.0. The highest BCUT2D eigenvalue weighted by molar-refractivity contribution is 5.78. The molecule has 1 aromatic heterocycles. The third-order valence-electron chi connectivity index (χ3n) is 2.56. The second-order valence-electron chi connectivity index (χ2n) is 3.93. The number of benzene rings is 1. The predicted molar refractivity (Wildman–Crippen MR) is 69.0 cm³/mol. The zero-order chi connectivity index (χ0) is 13.0. The summed E-state index contributed by atoms with van der Waals surface area (Å²) in [6, 6.07) is 11.3. The van der Waals surface area contributed by atoms with E-state index in [0.717, 1.165) is 11.1 Å². The maximum atomic E-state index is 10.9. The predicted octanol–water partition coefficient (Wildman–Crippen LogP) is 2.00. The summed E-state index contributed by atoms with van der Waals surface area (Å²) in [5.41, 5.74) is 7.21. The average molecular weight is 242 g/mol. The summed E-state index contributed by atoms with van der Waals surface area (Å²) in [4.78, 5) is 14.9. The molecule has 1 atom stereocenters. The minimum atomic E-state index is -0.641. The van der Waals surface area contributed by atoms with Gasteiger partial charge in [-0.15, -0.1) is 0 Å². The molecule has 0 saturated heterocycles. The largest absolute Gasteiger partial charge is 0.481 e. The highest BCUT2D eigenvalue weighted by Gasteiger charge is 2.10. The number of aromatic nitrogens is 1. The van der Waals surface area contributed by atoms with E-state index in [4.69, 9.17) is 10.5 Å². The fraction of sp³-hybridized carbons (Fsp3) is 0.143. The number of hydrogen-bond acceptors (Lipinski definition) is 3. The quantitative estimate of drug-likeness (QED) is 0.891. The molecule has 18 heavy (non-hydrogen) atoms. The molecule has 0 saturated carbocycles. The van der Waals surface area contributed by atoms with Crippen LogP contribution >= 0.6 is 0 Å². The van der Waals surface area contributed by atoms with Crippen molar-refractivity contribution < 1.29 is 9.53 Å². The lowest BCUT2D eigenvalue weighted by atomic mass is 10.1. The Hall–Kier alpha value is -2.36. The molecule has 0 radical (unpaired) electrons. The first-order valence-electron chi connectivity index (χ1n) is 5.63. The van der Waals surface area contributed by atoms with Crippen molar-refractivity contribution in [1.82, 2.24) is 4.98 Å². The summed E-state index contributed by atoms with van der Waals surface area (Å²) in [6.07, 6.45) is 2.82. The smallest absolute Gasteiger partial charge is 0.258 e. The number of primary amides is 1. The Bertz CT molecular complexity index is 541. The third-order valence-corrected chi connectivity index (χ3v) is 2.56. The molecule has 4 nitrogen and oxygen atoms in total. The number of carbonyl (C=O) groups excluding carboxylic acids is 1. The lowest BCUT2D eigenvalue weighted by molar-refractivity contribution is -0.123. The van der Waals surface area contributed by atoms with Gasteiger partial charge in [-0.3, -0.25) is 9.78 Å². The molecule has 2 N–H and O–H groups in total. The van der Waals surface area contributed by atoms with Gasteiger partial charge in [0.2, 0.25) is 0 Å². The van der Waals surface area contributed by atoms with Gasteiger partial charge in [-0.2, -0.15) is 0 Å². The van der Waals surface area contributed by atoms with Crippen molar-refractivity contribution in [2.24, 2.45) is 5.73 Å². The standard InChI is InChI=1S/C14H14N2O2/c1-10(14(15)17)18-13-4-2-3-12(9-13)11-5-7-16-8-6-11/h2-10H,1H3,(H2,15,17)/t10-/m1/s1. The van der Waals surface area contributed by atoms with E-state index >= 15 is 0 Å². The molecular weight excluding hydrogens is 228 g/mol. The van der Waals surface area contributed by atoms with Crippen LogP contribution < -0.4 is 10.5 Å². The van der Waals surface area contributed by atoms with Crippen LogP contribution in [0.25, 0.3) is 11.1 Å². The van der Waals surface area contributed by atoms with E-state index in [-0.39, 0.29) is 0 Å². The minimum absolute atomic E-state index is 0.482. The summed E-state index contributed by atoms with van der Waals surface area (Å²) < 4.78 is 5.45. The summed E-state index contributed by atoms with van der Waals surface area (Å²) >= 11 is 0. The first kappa shape index (κ1) is 12.1. The Morgan fingerprint density at radius 1 is 1.22 bits per heavy atom. The van der Waals surface area contributed by atoms with Crippen LogP contribution in [0.5, 0.6) is 5.75 Å². The minimum Gasteiger partial charge on any atom is -0.481 e. The van der Waals surface area contributed by atoms with E-state index < -0.39 is 12.0 Å². The Morgan fingerprint density at radius 2 is 1.94 bits per heavy atom. The molecule has 0 unspecified atom stereocenters. The number of nitrogens with zero attached hydrogens (tertiary/aromatic N) is 1. The first-order chi connectivity index (χ1) is 8.66. The number of ether oxygens (including phenoxy) is 1. The second kappa shape index (κ2) is 5.31. The summed E-state index contributed by atoms with van der Waals surface area (Å²) in [5.74, 6) is 0.139. The first-order valence-corrected chi connectivity index (χ1v) is 5.63. The monoisotopic (exact) mass is 242 g/mol. The van der Waals surface area contributed by atoms with Crippen LogP contribution in [0.1, 0.15) is 6.92 Å². The topological polar surface area (TPSA) is 65.2 Å². The molecule has 4 heteroatoms. The lowest BCUT2D eigenvalue weighted by Gasteiger charge is -2.12. The van der Waals surface area contributed by atoms with Gasteiger partial charge in [-0.05, 0) is 42.3 Å². The molecule has 0 aliphatic rings. The molecule has 0 bridgehead atoms. The van der Waals surface area contributed by atoms with Crippen molar-refractivity contribution in [1.29, 1.82) is 0 Å². The van der Waals surface area contributed by atoms with Crippen molar-refractivity contribution in [2.75, 3.05) is 0 Å². The molecule has 1 aromatic carbocycles. The molecule has 1 amide bonds. The number of nitrogens with two attached hydrogens (primary N) is 1. The molecule has 2 rings (SSSR count). The van der Waals surface area contributed by atoms with Crippen molar-refractivity contribution >= 4 is 5.91 Å². The Kier molecular flexibility index (Phi) is 3.57. The number of rotatable bonds is 4. The van der Waals surface area contributed by atoms with Crippen molar-refractivity contribution in [3.8, 4) is 16.9 Å². The van der Waals surface area contributed by atoms with Gasteiger partial charge in [0, 0.05) is 12.4 Å². The number of pyridine rings is 1. The van der Waals surface area contributed by atoms with E-state index in [0.29, 0.717) is 5.75 Å². The van der Waals surface area contributed by atoms with Crippen LogP contribution in [0.3, 0.4) is 0 Å². The number of hydrogen-bond donors (Lipinski definition) is 1. The molecule has 1 heterocycles. The lowest BCUT2D eigenvalue weighted by Crippen LogP contribution is -2.30. The SMILES string of the molecule is C[C@@H](Oc1cccc(-c2ccncc2)c1)C(N)=O. The van der Waals surface area contributed by atoms with E-state index in [1.54, 1.807) is 25.4 Å². The van der Waals surface area contributed by atoms with E-state index in [1.807, 2.05) is 30.3 Å². The van der Waals surface area contributed by atoms with Gasteiger partial charge in [-0.25, -0.2) is 0 Å². The molecule has 0 fully saturated rings. The van der Waals surface area contributed by atoms with E-state index in [9.17, 15) is 4.79 Å². The van der Waals surface area contributed by atoms with Gasteiger partial charge >= 0.3 is 0 Å². The Balaban J connectivity index is 2.23. The molecule has 0 aliphatic heterocycles. The summed E-state index contributed by atoms with van der Waals surface area (Å²) in [7, 11) is 0. The number of amides is 1. The Morgan fingerprint density at radius 3 is 2.61 bits per heavy atom. The Labute approximate surface area is 105 Å². The maximum absolute atomic E-state index is 10.9. The fourth-order valence-electron chi connectivity index (χ4n) is 1.56. The van der Waals surface area contributed by atoms with Crippen LogP contribution in [-0.4, -0.2) is 17.0 Å². The molecule has 0 aliphatic carbocycles. The van der Waals surface area contributed by atoms with Crippen LogP contribution in [0.4, 0.5) is 0 Å². The maximum Gasteiger partial charge on any atom is 0.258 e. The number of carbonyl (C=O) groups is 1. The van der Waals surface area contributed by atoms with Crippen molar-refractivity contribution in [3.63, 3.8) is 0 Å². The van der Waals surface area contributed by atoms with Crippen molar-refractivity contribution in [2.45, 2.75) is 13.0 Å². The van der Waals surface area contributed by atoms with Crippen LogP contribution in [0, 0.1) is 0 Å². The summed E-state index contributed by atoms with van der Waals surface area (Å²) in [5, 5.41) is 0. The van der Waals surface area contributed by atoms with Gasteiger partial charge in [0.05, 0.1) is 0 Å². The zero-order valence-electron chi connectivity index (χ0n) is 10.0. The van der Waals surface area contributed by atoms with Gasteiger partial charge in [0.15, 0.2) is 6.10 Å². The van der Waals surface area contributed by atoms with Gasteiger partial charge in [-0.1, -0.05) is 12.1 Å². The summed E-state index contributed by atoms with van der Waals surface area (Å²) in [6.45, 7) is 1.63. The average Bonchev–Trinajstić information content (AvgIpc) is 2.40. The van der Waals surface area contributed by atoms with E-state index in [1.165, 1.54) is 0 Å². The van der Waals surface area contributed by atoms with Crippen LogP contribution in [-0.2, 0) is 4.79 Å². The fourth-order valence-corrected chi connectivity index (χ4v) is 1.56. The highest BCUT2D eigenvalue weighted by atomic mass is 16.5. The van der Waals surface area contributed by atoms with Gasteiger partial charge in [0.1, 0.15) is 5.75 Å². The molecule has 2 aromatic rings. The van der Waals surface area contributed by atoms with Gasteiger partial charge < -0.3 is 10.5 Å². The van der Waals surface area contributed by atoms with E-state index in [2.05, 4.69) is 4.98 Å². The molecular formula is C14H14N2O2. The van der Waals surface area contributed by atoms with Crippen LogP contribution in [0.15, 0.2) is 48.8 Å². The third kappa shape index (κ3) is 2.85. The second-order valence-corrected chi connectivity index (χ2v) is 3.93. The highest BCUT2D eigenvalue weighted by Crippen LogP contribution is 2.23. The molecule has 0 spiro atoms. The normalized spacial score (nSPS) is 11.8. The van der Waals surface area contributed by atoms with Crippen LogP contribution in [0.2, 0.25) is 0 Å². The van der Waals surface area contributed by atoms with Gasteiger partial charge in [0.25, 0.3) is 5.91 Å². The molecule has 92 valence electrons.